The van der Waals surface area contributed by atoms with Gasteiger partial charge >= 0.3 is 0 Å². The number of carbonyl (C=O) groups is 1. The van der Waals surface area contributed by atoms with Crippen molar-refractivity contribution in [2.45, 2.75) is 21.7 Å². The molecule has 7 heteroatoms. The Morgan fingerprint density at radius 2 is 2.18 bits per heavy atom. The summed E-state index contributed by atoms with van der Waals surface area (Å²) in [6.07, 6.45) is 1.21. The molecule has 0 spiro atoms. The Labute approximate surface area is 137 Å². The van der Waals surface area contributed by atoms with Crippen molar-refractivity contribution in [1.82, 2.24) is 20.4 Å². The van der Waals surface area contributed by atoms with Crippen LogP contribution in [-0.2, 0) is 0 Å². The highest BCUT2D eigenvalue weighted by Crippen LogP contribution is 2.29. The molecule has 22 heavy (non-hydrogen) atoms. The highest BCUT2D eigenvalue weighted by atomic mass is 32.2. The first-order chi connectivity index (χ1) is 10.8. The Balaban J connectivity index is 1.38. The zero-order chi connectivity index (χ0) is 14.9. The van der Waals surface area contributed by atoms with Gasteiger partial charge in [-0.2, -0.15) is 0 Å². The lowest BCUT2D eigenvalue weighted by Gasteiger charge is -2.23. The maximum absolute atomic E-state index is 12.3. The van der Waals surface area contributed by atoms with Gasteiger partial charge in [0, 0.05) is 29.6 Å². The number of fused-ring (bicyclic) bond motifs is 2. The minimum Gasteiger partial charge on any atom is -0.348 e. The third kappa shape index (κ3) is 2.88. The monoisotopic (exact) mass is 332 g/mol. The standard InChI is InChI=1S/C15H16N4OS2/c20-14(17-13-8-19-6-5-11(13)7-19)10-1-3-12(4-2-10)22-15-18-16-9-21-15/h1-4,9,11,13H,5-8H2,(H,17,20)/t11-,13?/m0/s1. The number of benzene rings is 1. The number of aromatic nitrogens is 2. The van der Waals surface area contributed by atoms with Gasteiger partial charge < -0.3 is 10.2 Å². The molecule has 4 rings (SSSR count). The van der Waals surface area contributed by atoms with Crippen LogP contribution in [0.4, 0.5) is 0 Å². The second-order valence-electron chi connectivity index (χ2n) is 5.72. The van der Waals surface area contributed by atoms with Crippen molar-refractivity contribution < 1.29 is 4.79 Å². The third-order valence-electron chi connectivity index (χ3n) is 4.31. The lowest BCUT2D eigenvalue weighted by atomic mass is 9.99. The van der Waals surface area contributed by atoms with Crippen molar-refractivity contribution in [2.75, 3.05) is 19.6 Å². The predicted octanol–water partition coefficient (Wildman–Crippen LogP) is 2.12. The van der Waals surface area contributed by atoms with E-state index in [-0.39, 0.29) is 5.91 Å². The molecule has 114 valence electrons. The highest BCUT2D eigenvalue weighted by Gasteiger charge is 2.38. The molecule has 2 aliphatic rings. The summed E-state index contributed by atoms with van der Waals surface area (Å²) in [5.74, 6) is 0.669. The number of hydrogen-bond acceptors (Lipinski definition) is 6. The second kappa shape index (κ2) is 5.98. The number of piperidine rings is 1. The Bertz CT molecular complexity index is 659. The molecule has 1 aromatic heterocycles. The SMILES string of the molecule is O=C(NC1CN2CC[C@H]1C2)c1ccc(Sc2nncs2)cc1. The van der Waals surface area contributed by atoms with Crippen molar-refractivity contribution >= 4 is 29.0 Å². The van der Waals surface area contributed by atoms with E-state index < -0.39 is 0 Å². The fourth-order valence-electron chi connectivity index (χ4n) is 3.18. The van der Waals surface area contributed by atoms with Crippen LogP contribution in [-0.4, -0.2) is 46.7 Å². The highest BCUT2D eigenvalue weighted by molar-refractivity contribution is 8.01. The molecule has 0 saturated carbocycles. The maximum Gasteiger partial charge on any atom is 0.251 e. The number of amides is 1. The zero-order valence-corrected chi connectivity index (χ0v) is 13.6. The fourth-order valence-corrected chi connectivity index (χ4v) is 4.63. The molecule has 2 aromatic rings. The molecule has 1 aromatic carbocycles. The number of nitrogens with zero attached hydrogens (tertiary/aromatic N) is 3. The molecule has 2 bridgehead atoms. The second-order valence-corrected chi connectivity index (χ2v) is 7.87. The van der Waals surface area contributed by atoms with Gasteiger partial charge in [-0.15, -0.1) is 10.2 Å². The summed E-state index contributed by atoms with van der Waals surface area (Å²) in [7, 11) is 0. The molecular weight excluding hydrogens is 316 g/mol. The van der Waals surface area contributed by atoms with Gasteiger partial charge in [0.05, 0.1) is 0 Å². The van der Waals surface area contributed by atoms with Gasteiger partial charge in [-0.25, -0.2) is 0 Å². The van der Waals surface area contributed by atoms with Crippen molar-refractivity contribution in [3.05, 3.63) is 35.3 Å². The van der Waals surface area contributed by atoms with E-state index in [1.165, 1.54) is 24.3 Å². The van der Waals surface area contributed by atoms with Crippen LogP contribution in [0.1, 0.15) is 16.8 Å². The number of carbonyl (C=O) groups excluding carboxylic acids is 1. The summed E-state index contributed by atoms with van der Waals surface area (Å²) < 4.78 is 0.910. The van der Waals surface area contributed by atoms with Gasteiger partial charge in [0.2, 0.25) is 0 Å². The van der Waals surface area contributed by atoms with Crippen LogP contribution < -0.4 is 5.32 Å². The molecular formula is C15H16N4OS2. The van der Waals surface area contributed by atoms with Crippen LogP contribution >= 0.6 is 23.1 Å². The molecule has 3 atom stereocenters. The van der Waals surface area contributed by atoms with E-state index in [2.05, 4.69) is 20.4 Å². The Hall–Kier alpha value is -1.44. The van der Waals surface area contributed by atoms with E-state index in [0.717, 1.165) is 27.9 Å². The van der Waals surface area contributed by atoms with E-state index in [4.69, 9.17) is 0 Å². The molecule has 2 saturated heterocycles. The number of rotatable bonds is 4. The lowest BCUT2D eigenvalue weighted by molar-refractivity contribution is 0.0924. The summed E-state index contributed by atoms with van der Waals surface area (Å²) in [5.41, 5.74) is 2.44. The van der Waals surface area contributed by atoms with Gasteiger partial charge in [-0.1, -0.05) is 23.1 Å². The summed E-state index contributed by atoms with van der Waals surface area (Å²) in [6.45, 7) is 3.33. The van der Waals surface area contributed by atoms with Crippen molar-refractivity contribution in [3.63, 3.8) is 0 Å². The van der Waals surface area contributed by atoms with Crippen LogP contribution in [0.3, 0.4) is 0 Å². The minimum absolute atomic E-state index is 0.0335. The van der Waals surface area contributed by atoms with Crippen LogP contribution in [0.2, 0.25) is 0 Å². The van der Waals surface area contributed by atoms with Gasteiger partial charge in [0.25, 0.3) is 5.91 Å². The van der Waals surface area contributed by atoms with E-state index >= 15 is 0 Å². The van der Waals surface area contributed by atoms with Gasteiger partial charge in [-0.3, -0.25) is 4.79 Å². The minimum atomic E-state index is 0.0335. The van der Waals surface area contributed by atoms with E-state index in [1.54, 1.807) is 17.3 Å². The first kappa shape index (κ1) is 14.2. The maximum atomic E-state index is 12.3. The topological polar surface area (TPSA) is 58.1 Å². The summed E-state index contributed by atoms with van der Waals surface area (Å²) in [5, 5.41) is 11.0. The zero-order valence-electron chi connectivity index (χ0n) is 11.9. The van der Waals surface area contributed by atoms with Gasteiger partial charge in [-0.05, 0) is 43.1 Å². The third-order valence-corrected chi connectivity index (χ3v) is 6.10. The molecule has 5 nitrogen and oxygen atoms in total. The number of nitrogens with one attached hydrogen (secondary N) is 1. The smallest absolute Gasteiger partial charge is 0.251 e. The lowest BCUT2D eigenvalue weighted by Crippen LogP contribution is -2.43. The quantitative estimate of drug-likeness (QED) is 0.929. The molecule has 0 radical (unpaired) electrons. The van der Waals surface area contributed by atoms with Crippen LogP contribution in [0.15, 0.2) is 39.0 Å². The van der Waals surface area contributed by atoms with Crippen molar-refractivity contribution in [2.24, 2.45) is 5.92 Å². The van der Waals surface area contributed by atoms with Gasteiger partial charge in [0.15, 0.2) is 4.34 Å². The Kier molecular flexibility index (Phi) is 3.85. The predicted molar refractivity (Wildman–Crippen MR) is 86.3 cm³/mol. The average Bonchev–Trinajstić information content (AvgIpc) is 3.25. The number of hydrogen-bond donors (Lipinski definition) is 1. The molecule has 3 heterocycles. The Morgan fingerprint density at radius 3 is 2.82 bits per heavy atom. The largest absolute Gasteiger partial charge is 0.348 e. The van der Waals surface area contributed by atoms with Crippen molar-refractivity contribution in [1.29, 1.82) is 0 Å². The molecule has 1 N–H and O–H groups in total. The molecule has 0 aliphatic carbocycles. The van der Waals surface area contributed by atoms with Crippen molar-refractivity contribution in [3.8, 4) is 0 Å². The molecule has 2 fully saturated rings. The Morgan fingerprint density at radius 1 is 1.32 bits per heavy atom. The van der Waals surface area contributed by atoms with E-state index in [0.29, 0.717) is 12.0 Å². The summed E-state index contributed by atoms with van der Waals surface area (Å²) in [4.78, 5) is 15.8. The van der Waals surface area contributed by atoms with Crippen LogP contribution in [0.5, 0.6) is 0 Å². The average molecular weight is 332 g/mol. The fraction of sp³-hybridized carbons (Fsp3) is 0.400. The molecule has 2 aliphatic heterocycles. The van der Waals surface area contributed by atoms with Crippen LogP contribution in [0, 0.1) is 5.92 Å². The van der Waals surface area contributed by atoms with E-state index in [1.807, 2.05) is 24.3 Å². The van der Waals surface area contributed by atoms with Gasteiger partial charge in [0.1, 0.15) is 5.51 Å². The molecule has 1 amide bonds. The summed E-state index contributed by atoms with van der Waals surface area (Å²) >= 11 is 3.08. The van der Waals surface area contributed by atoms with E-state index in [9.17, 15) is 4.79 Å². The summed E-state index contributed by atoms with van der Waals surface area (Å²) in [6, 6.07) is 8.01. The normalized spacial score (nSPS) is 26.3. The first-order valence-electron chi connectivity index (χ1n) is 7.35. The van der Waals surface area contributed by atoms with Crippen LogP contribution in [0.25, 0.3) is 0 Å². The first-order valence-corrected chi connectivity index (χ1v) is 9.05. The molecule has 2 unspecified atom stereocenters.